The van der Waals surface area contributed by atoms with Crippen molar-refractivity contribution < 1.29 is 18.8 Å². The summed E-state index contributed by atoms with van der Waals surface area (Å²) in [7, 11) is 0. The second-order valence-electron chi connectivity index (χ2n) is 5.79. The minimum atomic E-state index is -0.577. The fourth-order valence-electron chi connectivity index (χ4n) is 2.22. The van der Waals surface area contributed by atoms with Crippen LogP contribution in [0.5, 0.6) is 0 Å². The first-order valence-corrected chi connectivity index (χ1v) is 10.9. The van der Waals surface area contributed by atoms with Gasteiger partial charge in [0.15, 0.2) is 0 Å². The maximum atomic E-state index is 12.9. The smallest absolute Gasteiger partial charge is 0.269 e. The first-order valence-electron chi connectivity index (χ1n) is 8.94. The number of benzene rings is 1. The van der Waals surface area contributed by atoms with E-state index in [1.807, 2.05) is 13.8 Å². The summed E-state index contributed by atoms with van der Waals surface area (Å²) in [6.07, 6.45) is 0. The fourth-order valence-corrected chi connectivity index (χ4v) is 3.69. The van der Waals surface area contributed by atoms with Crippen LogP contribution in [0, 0.1) is 5.82 Å². The van der Waals surface area contributed by atoms with Gasteiger partial charge in [-0.05, 0) is 38.1 Å². The lowest BCUT2D eigenvalue weighted by Gasteiger charge is -2.17. The molecule has 2 rings (SSSR count). The summed E-state index contributed by atoms with van der Waals surface area (Å²) >= 11 is 2.18. The molecule has 2 aromatic rings. The molecule has 0 saturated heterocycles. The predicted molar refractivity (Wildman–Crippen MR) is 112 cm³/mol. The van der Waals surface area contributed by atoms with Crippen LogP contribution in [-0.2, 0) is 9.59 Å². The number of hydrogen-bond donors (Lipinski definition) is 3. The number of nitrogens with one attached hydrogen (secondary N) is 2. The van der Waals surface area contributed by atoms with Gasteiger partial charge in [-0.25, -0.2) is 9.07 Å². The Balaban J connectivity index is 1.79. The third kappa shape index (κ3) is 6.62. The molecule has 0 saturated carbocycles. The van der Waals surface area contributed by atoms with Gasteiger partial charge < -0.3 is 10.7 Å². The number of nitrogen functional groups attached to an aromatic ring is 1. The molecule has 1 aromatic carbocycles. The molecule has 4 N–H and O–H groups in total. The maximum absolute atomic E-state index is 12.9. The largest absolute Gasteiger partial charge is 0.343 e. The van der Waals surface area contributed by atoms with Crippen LogP contribution in [0.25, 0.3) is 0 Å². The van der Waals surface area contributed by atoms with Crippen LogP contribution in [-0.4, -0.2) is 62.1 Å². The summed E-state index contributed by atoms with van der Waals surface area (Å²) in [5.74, 6) is 4.45. The summed E-state index contributed by atoms with van der Waals surface area (Å²) < 4.78 is 14.1. The molecular weight excluding hydrogens is 433 g/mol. The third-order valence-corrected chi connectivity index (χ3v) is 5.70. The van der Waals surface area contributed by atoms with Gasteiger partial charge in [0.05, 0.1) is 11.5 Å². The van der Waals surface area contributed by atoms with Crippen LogP contribution in [0.1, 0.15) is 24.2 Å². The average Bonchev–Trinajstić information content (AvgIpc) is 3.09. The lowest BCUT2D eigenvalue weighted by Crippen LogP contribution is -2.42. The highest BCUT2D eigenvalue weighted by Gasteiger charge is 2.16. The number of nitrogens with zero attached hydrogens (tertiary/aromatic N) is 4. The standard InChI is InChI=1S/C17H22FN7O3S2/c1-3-24(4-2)14(27)10-30-17-23-22-16(25(17)19)29-9-13(26)20-21-15(28)11-5-7-12(18)8-6-11/h5-8H,3-4,9-10,19H2,1-2H3,(H,20,26)(H,21,28). The van der Waals surface area contributed by atoms with Crippen molar-refractivity contribution in [2.45, 2.75) is 24.2 Å². The topological polar surface area (TPSA) is 135 Å². The fraction of sp³-hybridized carbons (Fsp3) is 0.353. The molecule has 0 aliphatic heterocycles. The minimum Gasteiger partial charge on any atom is -0.343 e. The normalized spacial score (nSPS) is 10.5. The zero-order valence-electron chi connectivity index (χ0n) is 16.4. The number of nitrogens with two attached hydrogens (primary N) is 1. The Kier molecular flexibility index (Phi) is 8.92. The third-order valence-electron chi connectivity index (χ3n) is 3.83. The Morgan fingerprint density at radius 2 is 1.60 bits per heavy atom. The number of thioether (sulfide) groups is 2. The Hall–Kier alpha value is -2.80. The SMILES string of the molecule is CCN(CC)C(=O)CSc1nnc(SCC(=O)NNC(=O)c2ccc(F)cc2)n1N. The van der Waals surface area contributed by atoms with Crippen molar-refractivity contribution in [3.8, 4) is 0 Å². The monoisotopic (exact) mass is 455 g/mol. The quantitative estimate of drug-likeness (QED) is 0.285. The molecule has 162 valence electrons. The Bertz CT molecular complexity index is 888. The van der Waals surface area contributed by atoms with Gasteiger partial charge in [0, 0.05) is 18.7 Å². The van der Waals surface area contributed by atoms with E-state index in [0.717, 1.165) is 35.7 Å². The number of rotatable bonds is 9. The van der Waals surface area contributed by atoms with Gasteiger partial charge >= 0.3 is 0 Å². The molecule has 0 atom stereocenters. The van der Waals surface area contributed by atoms with Crippen molar-refractivity contribution in [3.63, 3.8) is 0 Å². The Morgan fingerprint density at radius 3 is 2.17 bits per heavy atom. The molecule has 1 heterocycles. The van der Waals surface area contributed by atoms with Gasteiger partial charge in [0.25, 0.3) is 5.91 Å². The van der Waals surface area contributed by atoms with Crippen LogP contribution in [0.15, 0.2) is 34.6 Å². The van der Waals surface area contributed by atoms with Gasteiger partial charge in [0.1, 0.15) is 5.82 Å². The molecule has 1 aromatic heterocycles. The van der Waals surface area contributed by atoms with Crippen LogP contribution in [0.3, 0.4) is 0 Å². The number of aromatic nitrogens is 3. The summed E-state index contributed by atoms with van der Waals surface area (Å²) in [5.41, 5.74) is 4.69. The van der Waals surface area contributed by atoms with Crippen molar-refractivity contribution >= 4 is 41.2 Å². The van der Waals surface area contributed by atoms with Crippen LogP contribution in [0.2, 0.25) is 0 Å². The van der Waals surface area contributed by atoms with Crippen LogP contribution >= 0.6 is 23.5 Å². The van der Waals surface area contributed by atoms with Crippen LogP contribution < -0.4 is 16.7 Å². The zero-order chi connectivity index (χ0) is 22.1. The summed E-state index contributed by atoms with van der Waals surface area (Å²) in [5, 5.41) is 8.46. The molecule has 0 radical (unpaired) electrons. The molecule has 0 aliphatic rings. The van der Waals surface area contributed by atoms with E-state index < -0.39 is 17.6 Å². The number of carbonyl (C=O) groups excluding carboxylic acids is 3. The van der Waals surface area contributed by atoms with Crippen molar-refractivity contribution in [1.29, 1.82) is 0 Å². The molecule has 13 heteroatoms. The number of carbonyl (C=O) groups is 3. The van der Waals surface area contributed by atoms with Crippen LogP contribution in [0.4, 0.5) is 4.39 Å². The number of hydrazine groups is 1. The highest BCUT2D eigenvalue weighted by Crippen LogP contribution is 2.20. The minimum absolute atomic E-state index is 0.0292. The summed E-state index contributed by atoms with van der Waals surface area (Å²) in [6.45, 7) is 5.05. The van der Waals surface area contributed by atoms with Crippen molar-refractivity contribution in [2.24, 2.45) is 0 Å². The number of amides is 3. The Morgan fingerprint density at radius 1 is 1.03 bits per heavy atom. The Labute approximate surface area is 181 Å². The average molecular weight is 456 g/mol. The number of hydrogen-bond acceptors (Lipinski definition) is 8. The number of halogens is 1. The molecule has 0 fully saturated rings. The zero-order valence-corrected chi connectivity index (χ0v) is 18.1. The van der Waals surface area contributed by atoms with E-state index in [2.05, 4.69) is 21.0 Å². The molecule has 0 bridgehead atoms. The van der Waals surface area contributed by atoms with E-state index >= 15 is 0 Å². The molecule has 30 heavy (non-hydrogen) atoms. The van der Waals surface area contributed by atoms with Crippen molar-refractivity contribution in [2.75, 3.05) is 30.4 Å². The summed E-state index contributed by atoms with van der Waals surface area (Å²) in [4.78, 5) is 37.5. The van der Waals surface area contributed by atoms with E-state index in [1.54, 1.807) is 4.90 Å². The second-order valence-corrected chi connectivity index (χ2v) is 7.67. The van der Waals surface area contributed by atoms with Gasteiger partial charge in [0.2, 0.25) is 22.1 Å². The van der Waals surface area contributed by atoms with Gasteiger partial charge in [-0.1, -0.05) is 23.5 Å². The molecule has 3 amide bonds. The lowest BCUT2D eigenvalue weighted by atomic mass is 10.2. The maximum Gasteiger partial charge on any atom is 0.269 e. The van der Waals surface area contributed by atoms with E-state index in [-0.39, 0.29) is 28.1 Å². The molecule has 0 aliphatic carbocycles. The molecule has 0 unspecified atom stereocenters. The lowest BCUT2D eigenvalue weighted by molar-refractivity contribution is -0.128. The van der Waals surface area contributed by atoms with E-state index in [9.17, 15) is 18.8 Å². The molecule has 0 spiro atoms. The highest BCUT2D eigenvalue weighted by molar-refractivity contribution is 8.00. The van der Waals surface area contributed by atoms with Gasteiger partial charge in [-0.3, -0.25) is 25.2 Å². The van der Waals surface area contributed by atoms with E-state index in [1.165, 1.54) is 16.8 Å². The summed E-state index contributed by atoms with van der Waals surface area (Å²) in [6, 6.07) is 4.89. The first kappa shape index (κ1) is 23.5. The molecule has 10 nitrogen and oxygen atoms in total. The van der Waals surface area contributed by atoms with E-state index in [0.29, 0.717) is 18.2 Å². The van der Waals surface area contributed by atoms with E-state index in [4.69, 9.17) is 5.84 Å². The molecular formula is C17H22FN7O3S2. The predicted octanol–water partition coefficient (Wildman–Crippen LogP) is 0.645. The highest BCUT2D eigenvalue weighted by atomic mass is 32.2. The van der Waals surface area contributed by atoms with Crippen molar-refractivity contribution in [1.82, 2.24) is 30.6 Å². The first-order chi connectivity index (χ1) is 14.3. The van der Waals surface area contributed by atoms with Gasteiger partial charge in [-0.15, -0.1) is 10.2 Å². The second kappa shape index (κ2) is 11.4. The van der Waals surface area contributed by atoms with Crippen molar-refractivity contribution in [3.05, 3.63) is 35.6 Å². The van der Waals surface area contributed by atoms with Gasteiger partial charge in [-0.2, -0.15) is 0 Å².